The van der Waals surface area contributed by atoms with Crippen LogP contribution in [0.3, 0.4) is 0 Å². The Morgan fingerprint density at radius 1 is 0.875 bits per heavy atom. The van der Waals surface area contributed by atoms with Crippen LogP contribution in [0.1, 0.15) is 29.7 Å². The summed E-state index contributed by atoms with van der Waals surface area (Å²) >= 11 is 0. The normalized spacial score (nSPS) is 12.0. The molecule has 6 nitrogen and oxygen atoms in total. The third kappa shape index (κ3) is 4.49. The third-order valence-corrected chi connectivity index (χ3v) is 5.59. The summed E-state index contributed by atoms with van der Waals surface area (Å²) in [5, 5.41) is 15.3. The lowest BCUT2D eigenvalue weighted by Gasteiger charge is -2.13. The molecule has 0 saturated heterocycles. The summed E-state index contributed by atoms with van der Waals surface area (Å²) in [6, 6.07) is 28.9. The van der Waals surface area contributed by atoms with E-state index in [2.05, 4.69) is 68.9 Å². The Hall–Kier alpha value is -4.06. The van der Waals surface area contributed by atoms with Crippen LogP contribution < -0.4 is 4.74 Å². The van der Waals surface area contributed by atoms with Gasteiger partial charge in [0.05, 0.1) is 11.2 Å². The van der Waals surface area contributed by atoms with Crippen molar-refractivity contribution in [1.82, 2.24) is 25.6 Å². The molecule has 0 radical (unpaired) electrons. The number of benzene rings is 3. The fourth-order valence-corrected chi connectivity index (χ4v) is 3.78. The van der Waals surface area contributed by atoms with Crippen molar-refractivity contribution in [3.8, 4) is 17.1 Å². The van der Waals surface area contributed by atoms with E-state index in [4.69, 9.17) is 4.74 Å². The van der Waals surface area contributed by atoms with Crippen LogP contribution in [0.25, 0.3) is 22.3 Å². The van der Waals surface area contributed by atoms with E-state index < -0.39 is 0 Å². The van der Waals surface area contributed by atoms with Crippen molar-refractivity contribution in [1.29, 1.82) is 0 Å². The van der Waals surface area contributed by atoms with E-state index in [1.54, 1.807) is 0 Å². The molecule has 2 aromatic heterocycles. The smallest absolute Gasteiger partial charge is 0.204 e. The van der Waals surface area contributed by atoms with Gasteiger partial charge in [0.1, 0.15) is 12.4 Å². The number of rotatable bonds is 7. The first-order chi connectivity index (χ1) is 15.7. The zero-order valence-electron chi connectivity index (χ0n) is 17.8. The Morgan fingerprint density at radius 2 is 1.69 bits per heavy atom. The maximum Gasteiger partial charge on any atom is 0.204 e. The second kappa shape index (κ2) is 8.98. The second-order valence-electron chi connectivity index (χ2n) is 7.89. The standard InChI is InChI=1S/C26H23N5O/c1-18(20-8-10-22(11-9-20)26-28-30-31-29-26)16-19-6-14-24(15-7-19)32-17-23-13-12-21-4-2-3-5-25(21)27-23/h2-15,18H,16-17H2,1H3,(H,28,29,30,31). The minimum Gasteiger partial charge on any atom is -0.487 e. The van der Waals surface area contributed by atoms with E-state index in [0.29, 0.717) is 18.3 Å². The summed E-state index contributed by atoms with van der Waals surface area (Å²) in [4.78, 5) is 4.67. The number of hydrogen-bond acceptors (Lipinski definition) is 5. The van der Waals surface area contributed by atoms with Gasteiger partial charge in [0.25, 0.3) is 0 Å². The van der Waals surface area contributed by atoms with Crippen molar-refractivity contribution in [3.05, 3.63) is 102 Å². The molecule has 0 aliphatic carbocycles. The van der Waals surface area contributed by atoms with E-state index >= 15 is 0 Å². The number of H-pyrrole nitrogens is 1. The molecule has 0 saturated carbocycles. The lowest BCUT2D eigenvalue weighted by molar-refractivity contribution is 0.301. The van der Waals surface area contributed by atoms with Gasteiger partial charge in [-0.05, 0) is 52.9 Å². The molecule has 0 amide bonds. The molecule has 158 valence electrons. The van der Waals surface area contributed by atoms with Crippen molar-refractivity contribution in [3.63, 3.8) is 0 Å². The first kappa shape index (κ1) is 19.9. The van der Waals surface area contributed by atoms with Crippen molar-refractivity contribution < 1.29 is 4.74 Å². The number of nitrogens with zero attached hydrogens (tertiary/aromatic N) is 4. The fraction of sp³-hybridized carbons (Fsp3) is 0.154. The van der Waals surface area contributed by atoms with Crippen LogP contribution in [-0.4, -0.2) is 25.6 Å². The summed E-state index contributed by atoms with van der Waals surface area (Å²) in [5.41, 5.74) is 5.42. The number of fused-ring (bicyclic) bond motifs is 1. The summed E-state index contributed by atoms with van der Waals surface area (Å²) in [6.07, 6.45) is 0.952. The highest BCUT2D eigenvalue weighted by Gasteiger charge is 2.09. The third-order valence-electron chi connectivity index (χ3n) is 5.59. The van der Waals surface area contributed by atoms with Crippen LogP contribution in [0.2, 0.25) is 0 Å². The Bertz CT molecular complexity index is 1300. The molecule has 0 fully saturated rings. The molecule has 6 heteroatoms. The highest BCUT2D eigenvalue weighted by molar-refractivity contribution is 5.78. The van der Waals surface area contributed by atoms with Gasteiger partial charge in [-0.2, -0.15) is 5.21 Å². The van der Waals surface area contributed by atoms with E-state index in [-0.39, 0.29) is 0 Å². The highest BCUT2D eigenvalue weighted by atomic mass is 16.5. The molecule has 3 aromatic carbocycles. The number of para-hydroxylation sites is 1. The van der Waals surface area contributed by atoms with Crippen LogP contribution in [0, 0.1) is 0 Å². The number of ether oxygens (including phenoxy) is 1. The first-order valence-corrected chi connectivity index (χ1v) is 10.6. The lowest BCUT2D eigenvalue weighted by Crippen LogP contribution is -2.00. The Morgan fingerprint density at radius 3 is 2.47 bits per heavy atom. The maximum atomic E-state index is 5.95. The molecule has 2 heterocycles. The van der Waals surface area contributed by atoms with Gasteiger partial charge >= 0.3 is 0 Å². The average molecular weight is 422 g/mol. The van der Waals surface area contributed by atoms with Gasteiger partial charge in [-0.15, -0.1) is 10.2 Å². The molecule has 0 aliphatic heterocycles. The van der Waals surface area contributed by atoms with Gasteiger partial charge in [-0.3, -0.25) is 0 Å². The first-order valence-electron chi connectivity index (χ1n) is 10.6. The van der Waals surface area contributed by atoms with Gasteiger partial charge in [-0.1, -0.05) is 67.6 Å². The molecule has 1 atom stereocenters. The number of aromatic nitrogens is 5. The van der Waals surface area contributed by atoms with Crippen molar-refractivity contribution in [2.24, 2.45) is 0 Å². The van der Waals surface area contributed by atoms with E-state index in [9.17, 15) is 0 Å². The zero-order valence-corrected chi connectivity index (χ0v) is 17.8. The van der Waals surface area contributed by atoms with Crippen LogP contribution >= 0.6 is 0 Å². The predicted octanol–water partition coefficient (Wildman–Crippen LogP) is 5.34. The van der Waals surface area contributed by atoms with Gasteiger partial charge in [0.15, 0.2) is 0 Å². The second-order valence-corrected chi connectivity index (χ2v) is 7.89. The van der Waals surface area contributed by atoms with Gasteiger partial charge < -0.3 is 4.74 Å². The SMILES string of the molecule is CC(Cc1ccc(OCc2ccc3ccccc3n2)cc1)c1ccc(-c2nn[nH]n2)cc1. The lowest BCUT2D eigenvalue weighted by atomic mass is 9.93. The largest absolute Gasteiger partial charge is 0.487 e. The van der Waals surface area contributed by atoms with Gasteiger partial charge in [0, 0.05) is 10.9 Å². The molecule has 0 aliphatic rings. The highest BCUT2D eigenvalue weighted by Crippen LogP contribution is 2.24. The number of tetrazole rings is 1. The van der Waals surface area contributed by atoms with Crippen LogP contribution in [0.5, 0.6) is 5.75 Å². The quantitative estimate of drug-likeness (QED) is 0.384. The molecule has 1 unspecified atom stereocenters. The molecular formula is C26H23N5O. The summed E-state index contributed by atoms with van der Waals surface area (Å²) < 4.78 is 5.95. The number of aromatic amines is 1. The zero-order chi connectivity index (χ0) is 21.8. The summed E-state index contributed by atoms with van der Waals surface area (Å²) in [6.45, 7) is 2.69. The Kier molecular flexibility index (Phi) is 5.58. The van der Waals surface area contributed by atoms with E-state index in [0.717, 1.165) is 34.3 Å². The monoisotopic (exact) mass is 421 g/mol. The molecular weight excluding hydrogens is 398 g/mol. The number of pyridine rings is 1. The average Bonchev–Trinajstić information content (AvgIpc) is 3.39. The van der Waals surface area contributed by atoms with Crippen molar-refractivity contribution >= 4 is 10.9 Å². The minimum absolute atomic E-state index is 0.392. The number of nitrogens with one attached hydrogen (secondary N) is 1. The fourth-order valence-electron chi connectivity index (χ4n) is 3.78. The molecule has 5 aromatic rings. The molecule has 1 N–H and O–H groups in total. The maximum absolute atomic E-state index is 5.95. The van der Waals surface area contributed by atoms with Crippen LogP contribution in [0.15, 0.2) is 84.9 Å². The molecule has 5 rings (SSSR count). The molecule has 0 bridgehead atoms. The summed E-state index contributed by atoms with van der Waals surface area (Å²) in [7, 11) is 0. The predicted molar refractivity (Wildman–Crippen MR) is 124 cm³/mol. The topological polar surface area (TPSA) is 76.6 Å². The minimum atomic E-state index is 0.392. The van der Waals surface area contributed by atoms with Gasteiger partial charge in [0.2, 0.25) is 5.82 Å². The Labute approximate surface area is 186 Å². The van der Waals surface area contributed by atoms with Gasteiger partial charge in [-0.25, -0.2) is 4.98 Å². The summed E-state index contributed by atoms with van der Waals surface area (Å²) in [5.74, 6) is 1.85. The van der Waals surface area contributed by atoms with Crippen molar-refractivity contribution in [2.45, 2.75) is 25.9 Å². The number of hydrogen-bond donors (Lipinski definition) is 1. The van der Waals surface area contributed by atoms with E-state index in [1.807, 2.05) is 48.5 Å². The molecule has 32 heavy (non-hydrogen) atoms. The van der Waals surface area contributed by atoms with Crippen LogP contribution in [-0.2, 0) is 13.0 Å². The van der Waals surface area contributed by atoms with Crippen LogP contribution in [0.4, 0.5) is 0 Å². The Balaban J connectivity index is 1.18. The molecule has 0 spiro atoms. The van der Waals surface area contributed by atoms with E-state index in [1.165, 1.54) is 11.1 Å². The van der Waals surface area contributed by atoms with Crippen molar-refractivity contribution in [2.75, 3.05) is 0 Å².